The quantitative estimate of drug-likeness (QED) is 0.847. The number of ether oxygens (including phenoxy) is 3. The molecule has 0 aliphatic carbocycles. The molecular weight excluding hydrogens is 288 g/mol. The highest BCUT2D eigenvalue weighted by Gasteiger charge is 2.16. The molecule has 7 nitrogen and oxygen atoms in total. The van der Waals surface area contributed by atoms with Crippen molar-refractivity contribution in [1.82, 2.24) is 4.98 Å². The van der Waals surface area contributed by atoms with E-state index < -0.39 is 5.97 Å². The topological polar surface area (TPSA) is 89.9 Å². The van der Waals surface area contributed by atoms with Crippen LogP contribution < -0.4 is 19.5 Å². The number of carbonyl (C=O) groups is 1. The second-order valence-corrected chi connectivity index (χ2v) is 4.27. The fourth-order valence-electron chi connectivity index (χ4n) is 1.89. The molecule has 1 heterocycles. The van der Waals surface area contributed by atoms with Crippen molar-refractivity contribution in [3.63, 3.8) is 0 Å². The predicted octanol–water partition coefficient (Wildman–Crippen LogP) is 2.55. The van der Waals surface area contributed by atoms with Gasteiger partial charge in [0.25, 0.3) is 0 Å². The van der Waals surface area contributed by atoms with E-state index in [0.29, 0.717) is 28.8 Å². The fraction of sp³-hybridized carbons (Fsp3) is 0.200. The van der Waals surface area contributed by atoms with Crippen LogP contribution in [0.25, 0.3) is 0 Å². The van der Waals surface area contributed by atoms with Crippen LogP contribution in [0, 0.1) is 0 Å². The molecule has 2 rings (SSSR count). The third-order valence-electron chi connectivity index (χ3n) is 2.98. The van der Waals surface area contributed by atoms with Crippen molar-refractivity contribution in [2.24, 2.45) is 0 Å². The lowest BCUT2D eigenvalue weighted by Crippen LogP contribution is -2.05. The molecule has 22 heavy (non-hydrogen) atoms. The number of aromatic carboxylic acids is 1. The molecule has 0 aliphatic heterocycles. The van der Waals surface area contributed by atoms with E-state index in [-0.39, 0.29) is 5.56 Å². The van der Waals surface area contributed by atoms with Crippen molar-refractivity contribution < 1.29 is 24.1 Å². The standard InChI is InChI=1S/C15H16N2O5/c1-20-12-6-10(15(18)19)11(7-13(12)21-2)17-9-4-5-14(22-3)16-8-9/h4-8,17H,1-3H3,(H,18,19). The number of rotatable bonds is 6. The minimum Gasteiger partial charge on any atom is -0.493 e. The van der Waals surface area contributed by atoms with E-state index in [0.717, 1.165) is 0 Å². The molecule has 2 N–H and O–H groups in total. The third-order valence-corrected chi connectivity index (χ3v) is 2.98. The number of carboxylic acids is 1. The van der Waals surface area contributed by atoms with Gasteiger partial charge in [0.15, 0.2) is 11.5 Å². The van der Waals surface area contributed by atoms with Gasteiger partial charge in [0, 0.05) is 18.2 Å². The molecule has 0 aliphatic rings. The minimum atomic E-state index is -1.08. The minimum absolute atomic E-state index is 0.0634. The van der Waals surface area contributed by atoms with Gasteiger partial charge in [0.2, 0.25) is 5.88 Å². The van der Waals surface area contributed by atoms with Crippen LogP contribution in [0.1, 0.15) is 10.4 Å². The van der Waals surface area contributed by atoms with Gasteiger partial charge < -0.3 is 24.6 Å². The Morgan fingerprint density at radius 1 is 1.09 bits per heavy atom. The summed E-state index contributed by atoms with van der Waals surface area (Å²) in [6.45, 7) is 0. The first-order valence-corrected chi connectivity index (χ1v) is 6.35. The van der Waals surface area contributed by atoms with Crippen LogP contribution in [0.5, 0.6) is 17.4 Å². The van der Waals surface area contributed by atoms with E-state index in [4.69, 9.17) is 14.2 Å². The Morgan fingerprint density at radius 2 is 1.77 bits per heavy atom. The number of hydrogen-bond donors (Lipinski definition) is 2. The van der Waals surface area contributed by atoms with Crippen LogP contribution >= 0.6 is 0 Å². The molecule has 0 saturated heterocycles. The molecule has 0 atom stereocenters. The summed E-state index contributed by atoms with van der Waals surface area (Å²) in [4.78, 5) is 15.5. The highest BCUT2D eigenvalue weighted by Crippen LogP contribution is 2.34. The molecule has 0 radical (unpaired) electrons. The highest BCUT2D eigenvalue weighted by atomic mass is 16.5. The smallest absolute Gasteiger partial charge is 0.337 e. The Kier molecular flexibility index (Phi) is 4.67. The molecular formula is C15H16N2O5. The first kappa shape index (κ1) is 15.4. The van der Waals surface area contributed by atoms with E-state index >= 15 is 0 Å². The van der Waals surface area contributed by atoms with E-state index in [9.17, 15) is 9.90 Å². The zero-order chi connectivity index (χ0) is 16.1. The number of benzene rings is 1. The van der Waals surface area contributed by atoms with Crippen molar-refractivity contribution in [2.45, 2.75) is 0 Å². The van der Waals surface area contributed by atoms with Crippen LogP contribution in [0.3, 0.4) is 0 Å². The van der Waals surface area contributed by atoms with Gasteiger partial charge in [-0.1, -0.05) is 0 Å². The Balaban J connectivity index is 2.41. The van der Waals surface area contributed by atoms with Gasteiger partial charge in [0.1, 0.15) is 0 Å². The average molecular weight is 304 g/mol. The summed E-state index contributed by atoms with van der Waals surface area (Å²) >= 11 is 0. The van der Waals surface area contributed by atoms with Crippen molar-refractivity contribution in [3.05, 3.63) is 36.0 Å². The van der Waals surface area contributed by atoms with Crippen LogP contribution in [0.4, 0.5) is 11.4 Å². The molecule has 0 amide bonds. The van der Waals surface area contributed by atoms with E-state index in [1.165, 1.54) is 27.4 Å². The van der Waals surface area contributed by atoms with Gasteiger partial charge in [0.05, 0.1) is 44.5 Å². The molecule has 0 fully saturated rings. The number of nitrogens with zero attached hydrogens (tertiary/aromatic N) is 1. The summed E-state index contributed by atoms with van der Waals surface area (Å²) in [5.41, 5.74) is 1.06. The SMILES string of the molecule is COc1ccc(Nc2cc(OC)c(OC)cc2C(=O)O)cn1. The number of methoxy groups -OCH3 is 3. The third kappa shape index (κ3) is 3.20. The summed E-state index contributed by atoms with van der Waals surface area (Å²) in [5.74, 6) is 0.163. The summed E-state index contributed by atoms with van der Waals surface area (Å²) in [7, 11) is 4.45. The number of nitrogens with one attached hydrogen (secondary N) is 1. The van der Waals surface area contributed by atoms with Crippen LogP contribution in [-0.4, -0.2) is 37.4 Å². The Hall–Kier alpha value is -2.96. The van der Waals surface area contributed by atoms with Gasteiger partial charge in [-0.25, -0.2) is 9.78 Å². The van der Waals surface area contributed by atoms with Crippen LogP contribution in [-0.2, 0) is 0 Å². The number of carboxylic acid groups (broad SMARTS) is 1. The maximum Gasteiger partial charge on any atom is 0.337 e. The Morgan fingerprint density at radius 3 is 2.27 bits per heavy atom. The lowest BCUT2D eigenvalue weighted by Gasteiger charge is -2.14. The highest BCUT2D eigenvalue weighted by molar-refractivity contribution is 5.96. The lowest BCUT2D eigenvalue weighted by molar-refractivity contribution is 0.0697. The van der Waals surface area contributed by atoms with Crippen LogP contribution in [0.15, 0.2) is 30.5 Å². The molecule has 0 spiro atoms. The summed E-state index contributed by atoms with van der Waals surface area (Å²) in [6.07, 6.45) is 1.54. The Labute approximate surface area is 127 Å². The van der Waals surface area contributed by atoms with E-state index in [2.05, 4.69) is 10.3 Å². The average Bonchev–Trinajstić information content (AvgIpc) is 2.54. The van der Waals surface area contributed by atoms with Crippen molar-refractivity contribution >= 4 is 17.3 Å². The second kappa shape index (κ2) is 6.66. The molecule has 0 bridgehead atoms. The molecule has 0 unspecified atom stereocenters. The van der Waals surface area contributed by atoms with E-state index in [1.54, 1.807) is 24.4 Å². The molecule has 116 valence electrons. The predicted molar refractivity (Wildman–Crippen MR) is 80.6 cm³/mol. The van der Waals surface area contributed by atoms with Gasteiger partial charge in [-0.2, -0.15) is 0 Å². The molecule has 1 aromatic heterocycles. The molecule has 1 aromatic carbocycles. The van der Waals surface area contributed by atoms with Crippen LogP contribution in [0.2, 0.25) is 0 Å². The first-order chi connectivity index (χ1) is 10.6. The zero-order valence-corrected chi connectivity index (χ0v) is 12.4. The van der Waals surface area contributed by atoms with Gasteiger partial charge in [-0.3, -0.25) is 0 Å². The lowest BCUT2D eigenvalue weighted by atomic mass is 10.1. The summed E-state index contributed by atoms with van der Waals surface area (Å²) in [6, 6.07) is 6.37. The Bertz CT molecular complexity index is 670. The zero-order valence-electron chi connectivity index (χ0n) is 12.4. The normalized spacial score (nSPS) is 9.95. The number of hydrogen-bond acceptors (Lipinski definition) is 6. The largest absolute Gasteiger partial charge is 0.493 e. The number of anilines is 2. The number of pyridine rings is 1. The number of aromatic nitrogens is 1. The van der Waals surface area contributed by atoms with Gasteiger partial charge in [-0.05, 0) is 6.07 Å². The maximum absolute atomic E-state index is 11.4. The summed E-state index contributed by atoms with van der Waals surface area (Å²) in [5, 5.41) is 12.3. The van der Waals surface area contributed by atoms with Crippen molar-refractivity contribution in [2.75, 3.05) is 26.6 Å². The van der Waals surface area contributed by atoms with Crippen molar-refractivity contribution in [3.8, 4) is 17.4 Å². The van der Waals surface area contributed by atoms with Gasteiger partial charge in [-0.15, -0.1) is 0 Å². The van der Waals surface area contributed by atoms with E-state index in [1.807, 2.05) is 0 Å². The summed E-state index contributed by atoms with van der Waals surface area (Å²) < 4.78 is 15.3. The first-order valence-electron chi connectivity index (χ1n) is 6.35. The maximum atomic E-state index is 11.4. The molecule has 7 heteroatoms. The molecule has 2 aromatic rings. The van der Waals surface area contributed by atoms with Gasteiger partial charge >= 0.3 is 5.97 Å². The van der Waals surface area contributed by atoms with Crippen molar-refractivity contribution in [1.29, 1.82) is 0 Å². The second-order valence-electron chi connectivity index (χ2n) is 4.27. The monoisotopic (exact) mass is 304 g/mol. The fourth-order valence-corrected chi connectivity index (χ4v) is 1.89. The molecule has 0 saturated carbocycles.